The number of rotatable bonds is 12. The summed E-state index contributed by atoms with van der Waals surface area (Å²) in [6.07, 6.45) is 7.03. The number of ketones is 1. The standard InChI is InChI=1S/C38H54N4O3S/c1-6-7-30(35(39)44)40-36(45)26-12-15-42(16-13-26)17-14-28-29-21-31(38(4,5)34(43)32-24-8-9-25(32)11-10-24)46-37(29)41-33(28)27-19-22(2)18-23(3)20-27/h18-21,24-26,32,35-36,41,44-45H,6-17,39H2,1-5H3/b40-30+/t24?,25?,32?,35?,36-/m1/s1. The number of hydrogen-bond acceptors (Lipinski definition) is 7. The predicted octanol–water partition coefficient (Wildman–Crippen LogP) is 6.89. The maximum absolute atomic E-state index is 14.1. The molecule has 2 aromatic heterocycles. The van der Waals surface area contributed by atoms with E-state index in [0.717, 1.165) is 45.3 Å². The molecular weight excluding hydrogens is 593 g/mol. The first-order valence-corrected chi connectivity index (χ1v) is 18.5. The van der Waals surface area contributed by atoms with E-state index in [9.17, 15) is 15.0 Å². The van der Waals surface area contributed by atoms with Crippen LogP contribution in [0.3, 0.4) is 0 Å². The van der Waals surface area contributed by atoms with Gasteiger partial charge in [-0.1, -0.05) is 30.5 Å². The highest BCUT2D eigenvalue weighted by molar-refractivity contribution is 7.19. The minimum absolute atomic E-state index is 0.0703. The fourth-order valence-electron chi connectivity index (χ4n) is 8.74. The first kappa shape index (κ1) is 33.5. The molecule has 0 amide bonds. The number of aliphatic imine (C=N–C) groups is 1. The molecule has 0 radical (unpaired) electrons. The Hall–Kier alpha value is -2.36. The van der Waals surface area contributed by atoms with Gasteiger partial charge >= 0.3 is 0 Å². The minimum Gasteiger partial charge on any atom is -0.373 e. The lowest BCUT2D eigenvalue weighted by Gasteiger charge is -2.33. The Morgan fingerprint density at radius 2 is 1.67 bits per heavy atom. The monoisotopic (exact) mass is 646 g/mol. The largest absolute Gasteiger partial charge is 0.373 e. The van der Waals surface area contributed by atoms with Gasteiger partial charge in [-0.05, 0) is 133 Å². The van der Waals surface area contributed by atoms with E-state index in [1.807, 2.05) is 6.92 Å². The number of carbonyl (C=O) groups is 1. The predicted molar refractivity (Wildman–Crippen MR) is 189 cm³/mol. The Morgan fingerprint density at radius 1 is 1.04 bits per heavy atom. The van der Waals surface area contributed by atoms with Gasteiger partial charge in [0.05, 0.1) is 16.8 Å². The van der Waals surface area contributed by atoms with Crippen molar-refractivity contribution in [2.75, 3.05) is 19.6 Å². The van der Waals surface area contributed by atoms with Crippen LogP contribution in [0.1, 0.15) is 93.7 Å². The van der Waals surface area contributed by atoms with Gasteiger partial charge in [0.2, 0.25) is 0 Å². The second kappa shape index (κ2) is 13.6. The number of fused-ring (bicyclic) bond motifs is 3. The zero-order chi connectivity index (χ0) is 32.7. The molecule has 7 nitrogen and oxygen atoms in total. The molecule has 1 saturated heterocycles. The van der Waals surface area contributed by atoms with Crippen molar-refractivity contribution in [1.82, 2.24) is 9.88 Å². The lowest BCUT2D eigenvalue weighted by Crippen LogP contribution is -2.39. The molecule has 2 atom stereocenters. The second-order valence-corrected chi connectivity index (χ2v) is 16.1. The highest BCUT2D eigenvalue weighted by Crippen LogP contribution is 2.52. The van der Waals surface area contributed by atoms with Crippen molar-refractivity contribution >= 4 is 33.0 Å². The van der Waals surface area contributed by atoms with E-state index >= 15 is 0 Å². The molecule has 46 heavy (non-hydrogen) atoms. The molecule has 1 aliphatic heterocycles. The number of nitrogens with two attached hydrogens (primary N) is 1. The van der Waals surface area contributed by atoms with Gasteiger partial charge in [-0.2, -0.15) is 0 Å². The molecule has 0 spiro atoms. The first-order chi connectivity index (χ1) is 22.0. The zero-order valence-corrected chi connectivity index (χ0v) is 29.3. The Balaban J connectivity index is 1.22. The van der Waals surface area contributed by atoms with Crippen molar-refractivity contribution in [3.63, 3.8) is 0 Å². The number of H-pyrrole nitrogens is 1. The third-order valence-corrected chi connectivity index (χ3v) is 12.7. The van der Waals surface area contributed by atoms with Gasteiger partial charge < -0.3 is 25.8 Å². The highest BCUT2D eigenvalue weighted by Gasteiger charge is 2.50. The molecule has 2 bridgehead atoms. The van der Waals surface area contributed by atoms with Crippen LogP contribution in [0.15, 0.2) is 29.3 Å². The maximum Gasteiger partial charge on any atom is 0.148 e. The van der Waals surface area contributed by atoms with Crippen molar-refractivity contribution in [3.8, 4) is 11.3 Å². The molecule has 1 unspecified atom stereocenters. The average molecular weight is 647 g/mol. The minimum atomic E-state index is -1.11. The number of aliphatic hydroxyl groups excluding tert-OH is 2. The van der Waals surface area contributed by atoms with Crippen molar-refractivity contribution in [3.05, 3.63) is 45.8 Å². The van der Waals surface area contributed by atoms with Crippen LogP contribution in [0, 0.1) is 37.5 Å². The number of thiophene rings is 1. The van der Waals surface area contributed by atoms with Gasteiger partial charge in [-0.15, -0.1) is 11.3 Å². The SMILES string of the molecule is CCC/C(=N\[C@H](O)C1CCN(CCc2c(-c3cc(C)cc(C)c3)[nH]c3sc(C(C)(C)C(=O)C4C5CCC4CC5)cc23)CC1)C(N)O. The molecule has 8 heteroatoms. The van der Waals surface area contributed by atoms with E-state index in [1.54, 1.807) is 11.3 Å². The molecule has 3 aromatic rings. The fraction of sp³-hybridized carbons (Fsp3) is 0.632. The van der Waals surface area contributed by atoms with Crippen molar-refractivity contribution in [2.45, 2.75) is 110 Å². The number of hydrogen-bond donors (Lipinski definition) is 4. The number of nitrogens with one attached hydrogen (secondary N) is 1. The lowest BCUT2D eigenvalue weighted by molar-refractivity contribution is -0.128. The van der Waals surface area contributed by atoms with Crippen LogP contribution in [0.4, 0.5) is 0 Å². The van der Waals surface area contributed by atoms with E-state index in [1.165, 1.54) is 68.7 Å². The Bertz CT molecular complexity index is 1540. The number of carbonyl (C=O) groups excluding carboxylic acids is 1. The van der Waals surface area contributed by atoms with Gasteiger partial charge in [0.1, 0.15) is 23.1 Å². The van der Waals surface area contributed by atoms with E-state index in [-0.39, 0.29) is 11.8 Å². The highest BCUT2D eigenvalue weighted by atomic mass is 32.1. The quantitative estimate of drug-likeness (QED) is 0.126. The summed E-state index contributed by atoms with van der Waals surface area (Å²) in [6.45, 7) is 13.4. The lowest BCUT2D eigenvalue weighted by atomic mass is 9.76. The second-order valence-electron chi connectivity index (χ2n) is 15.1. The normalized spacial score (nSPS) is 24.3. The number of Topliss-reactive ketones (excluding diaryl/α,β-unsaturated/α-hetero) is 1. The summed E-state index contributed by atoms with van der Waals surface area (Å²) in [4.78, 5) is 27.1. The summed E-state index contributed by atoms with van der Waals surface area (Å²) < 4.78 is 0. The molecule has 3 heterocycles. The fourth-order valence-corrected chi connectivity index (χ4v) is 9.94. The van der Waals surface area contributed by atoms with E-state index in [2.05, 4.69) is 66.8 Å². The van der Waals surface area contributed by atoms with Crippen LogP contribution in [-0.2, 0) is 16.6 Å². The van der Waals surface area contributed by atoms with Crippen LogP contribution >= 0.6 is 11.3 Å². The van der Waals surface area contributed by atoms with Crippen LogP contribution in [-0.4, -0.2) is 63.7 Å². The maximum atomic E-state index is 14.1. The molecule has 6 rings (SSSR count). The third kappa shape index (κ3) is 6.66. The van der Waals surface area contributed by atoms with Crippen molar-refractivity contribution in [2.24, 2.45) is 34.4 Å². The summed E-state index contributed by atoms with van der Waals surface area (Å²) in [5, 5.41) is 21.9. The average Bonchev–Trinajstić information content (AvgIpc) is 3.80. The summed E-state index contributed by atoms with van der Waals surface area (Å²) in [5.74, 6) is 1.95. The number of piperidine rings is 1. The smallest absolute Gasteiger partial charge is 0.148 e. The van der Waals surface area contributed by atoms with Gasteiger partial charge in [-0.25, -0.2) is 0 Å². The molecule has 1 aromatic carbocycles. The van der Waals surface area contributed by atoms with Gasteiger partial charge in [0.25, 0.3) is 0 Å². The summed E-state index contributed by atoms with van der Waals surface area (Å²) >= 11 is 1.77. The molecule has 250 valence electrons. The Labute approximate surface area is 278 Å². The molecule has 2 aliphatic carbocycles. The molecule has 5 N–H and O–H groups in total. The van der Waals surface area contributed by atoms with E-state index in [0.29, 0.717) is 29.8 Å². The number of aromatic amines is 1. The van der Waals surface area contributed by atoms with E-state index < -0.39 is 17.9 Å². The summed E-state index contributed by atoms with van der Waals surface area (Å²) in [5.41, 5.74) is 12.0. The first-order valence-electron chi connectivity index (χ1n) is 17.6. The van der Waals surface area contributed by atoms with Gasteiger partial charge in [-0.3, -0.25) is 9.79 Å². The number of aliphatic hydroxyl groups is 2. The van der Waals surface area contributed by atoms with Crippen molar-refractivity contribution in [1.29, 1.82) is 0 Å². The summed E-state index contributed by atoms with van der Waals surface area (Å²) in [7, 11) is 0. The molecule has 2 saturated carbocycles. The molecule has 3 fully saturated rings. The molecular formula is C38H54N4O3S. The number of benzene rings is 1. The van der Waals surface area contributed by atoms with Crippen LogP contribution in [0.5, 0.6) is 0 Å². The van der Waals surface area contributed by atoms with E-state index in [4.69, 9.17) is 5.73 Å². The van der Waals surface area contributed by atoms with Crippen LogP contribution in [0.2, 0.25) is 0 Å². The number of likely N-dealkylation sites (tertiary alicyclic amines) is 1. The zero-order valence-electron chi connectivity index (χ0n) is 28.4. The number of nitrogens with zero attached hydrogens (tertiary/aromatic N) is 2. The summed E-state index contributed by atoms with van der Waals surface area (Å²) in [6, 6.07) is 9.09. The third-order valence-electron chi connectivity index (χ3n) is 11.4. The number of aryl methyl sites for hydroxylation is 2. The van der Waals surface area contributed by atoms with Gasteiger partial charge in [0.15, 0.2) is 0 Å². The van der Waals surface area contributed by atoms with Crippen molar-refractivity contribution < 1.29 is 15.0 Å². The van der Waals surface area contributed by atoms with Crippen LogP contribution in [0.25, 0.3) is 21.5 Å². The Morgan fingerprint density at radius 3 is 2.26 bits per heavy atom. The van der Waals surface area contributed by atoms with Crippen LogP contribution < -0.4 is 5.73 Å². The van der Waals surface area contributed by atoms with Gasteiger partial charge in [0, 0.05) is 28.6 Å². The number of aromatic nitrogens is 1. The molecule has 3 aliphatic rings. The Kier molecular flexibility index (Phi) is 9.94. The topological polar surface area (TPSA) is 115 Å².